The first-order valence-electron chi connectivity index (χ1n) is 10.9. The highest BCUT2D eigenvalue weighted by Gasteiger charge is 2.48. The molecule has 2 fully saturated rings. The number of anilines is 1. The van der Waals surface area contributed by atoms with Crippen molar-refractivity contribution in [3.8, 4) is 5.75 Å². The van der Waals surface area contributed by atoms with Crippen LogP contribution < -0.4 is 20.9 Å². The van der Waals surface area contributed by atoms with Gasteiger partial charge in [0.2, 0.25) is 5.95 Å². The number of nitrogens with two attached hydrogens (primary N) is 1. The van der Waals surface area contributed by atoms with Gasteiger partial charge in [0, 0.05) is 37.2 Å². The summed E-state index contributed by atoms with van der Waals surface area (Å²) in [5, 5.41) is 0. The van der Waals surface area contributed by atoms with E-state index in [0.717, 1.165) is 43.8 Å². The molecule has 1 aromatic heterocycles. The molecule has 2 aromatic rings. The second kappa shape index (κ2) is 7.46. The van der Waals surface area contributed by atoms with E-state index in [1.165, 1.54) is 0 Å². The Hall–Kier alpha value is -2.71. The second-order valence-electron chi connectivity index (χ2n) is 8.85. The van der Waals surface area contributed by atoms with Crippen molar-refractivity contribution in [1.29, 1.82) is 0 Å². The van der Waals surface area contributed by atoms with Gasteiger partial charge in [-0.05, 0) is 31.9 Å². The predicted molar refractivity (Wildman–Crippen MR) is 119 cm³/mol. The van der Waals surface area contributed by atoms with Crippen LogP contribution in [0.3, 0.4) is 0 Å². The Kier molecular flexibility index (Phi) is 4.86. The van der Waals surface area contributed by atoms with E-state index in [1.54, 1.807) is 18.7 Å². The molecule has 31 heavy (non-hydrogen) atoms. The monoisotopic (exact) mass is 423 g/mol. The molecule has 3 aliphatic rings. The van der Waals surface area contributed by atoms with Crippen molar-refractivity contribution >= 4 is 11.7 Å². The van der Waals surface area contributed by atoms with Crippen molar-refractivity contribution < 1.29 is 9.47 Å². The molecule has 0 bridgehead atoms. The molecule has 0 amide bonds. The molecule has 0 unspecified atom stereocenters. The third-order valence-corrected chi connectivity index (χ3v) is 7.22. The fraction of sp³-hybridized carbons (Fsp3) is 0.522. The number of aromatic nitrogens is 2. The number of hydrogen-bond acceptors (Lipinski definition) is 7. The molecule has 0 saturated carbocycles. The van der Waals surface area contributed by atoms with Crippen molar-refractivity contribution in [3.05, 3.63) is 51.4 Å². The number of ether oxygens (including phenoxy) is 2. The van der Waals surface area contributed by atoms with Crippen LogP contribution in [0.4, 0.5) is 5.95 Å². The maximum atomic E-state index is 13.4. The summed E-state index contributed by atoms with van der Waals surface area (Å²) in [5.74, 6) is 1.40. The molecular weight excluding hydrogens is 394 g/mol. The summed E-state index contributed by atoms with van der Waals surface area (Å²) >= 11 is 0. The summed E-state index contributed by atoms with van der Waals surface area (Å²) in [6, 6.07) is 7.70. The van der Waals surface area contributed by atoms with Crippen molar-refractivity contribution in [3.63, 3.8) is 0 Å². The zero-order valence-corrected chi connectivity index (χ0v) is 18.3. The van der Waals surface area contributed by atoms with Gasteiger partial charge in [-0.15, -0.1) is 0 Å². The molecular formula is C23H29N5O3. The molecule has 0 radical (unpaired) electrons. The molecule has 2 saturated heterocycles. The number of aliphatic imine (C=N–C) groups is 1. The van der Waals surface area contributed by atoms with Gasteiger partial charge in [-0.3, -0.25) is 14.4 Å². The van der Waals surface area contributed by atoms with Crippen molar-refractivity contribution in [2.24, 2.45) is 23.2 Å². The summed E-state index contributed by atoms with van der Waals surface area (Å²) in [6.45, 7) is 4.79. The van der Waals surface area contributed by atoms with Gasteiger partial charge in [-0.25, -0.2) is 4.98 Å². The molecule has 8 heteroatoms. The minimum atomic E-state index is -0.0723. The van der Waals surface area contributed by atoms with E-state index < -0.39 is 0 Å². The van der Waals surface area contributed by atoms with Gasteiger partial charge in [-0.2, -0.15) is 0 Å². The second-order valence-corrected chi connectivity index (χ2v) is 8.85. The van der Waals surface area contributed by atoms with E-state index in [0.29, 0.717) is 29.5 Å². The van der Waals surface area contributed by atoms with Gasteiger partial charge in [0.1, 0.15) is 5.75 Å². The minimum Gasteiger partial charge on any atom is -0.496 e. The van der Waals surface area contributed by atoms with Crippen LogP contribution in [0.15, 0.2) is 34.1 Å². The summed E-state index contributed by atoms with van der Waals surface area (Å²) < 4.78 is 13.0. The van der Waals surface area contributed by atoms with E-state index in [-0.39, 0.29) is 23.1 Å². The average molecular weight is 424 g/mol. The fourth-order valence-corrected chi connectivity index (χ4v) is 5.19. The number of piperidine rings is 1. The Morgan fingerprint density at radius 2 is 2.00 bits per heavy atom. The van der Waals surface area contributed by atoms with E-state index in [1.807, 2.05) is 24.3 Å². The molecule has 164 valence electrons. The van der Waals surface area contributed by atoms with Crippen LogP contribution in [0.2, 0.25) is 0 Å². The largest absolute Gasteiger partial charge is 0.496 e. The van der Waals surface area contributed by atoms with E-state index in [4.69, 9.17) is 20.2 Å². The molecule has 4 heterocycles. The normalized spacial score (nSPS) is 24.4. The van der Waals surface area contributed by atoms with Gasteiger partial charge < -0.3 is 20.1 Å². The maximum absolute atomic E-state index is 13.4. The van der Waals surface area contributed by atoms with Crippen LogP contribution in [0.1, 0.15) is 36.6 Å². The Labute approximate surface area is 181 Å². The van der Waals surface area contributed by atoms with E-state index in [9.17, 15) is 4.79 Å². The lowest BCUT2D eigenvalue weighted by atomic mass is 9.73. The van der Waals surface area contributed by atoms with Gasteiger partial charge in [0.15, 0.2) is 0 Å². The smallest absolute Gasteiger partial charge is 0.264 e. The standard InChI is InChI=1S/C23H29N5O3/c1-14-20(24)23(13-31-14)8-10-28(11-9-23)22-26-16-12-25-19(18(16)21(29)27(22)2)15-6-4-5-7-17(15)30-3/h4-7,14,20H,8-13,24H2,1-3H3/t14-,20+/m0/s1. The highest BCUT2D eigenvalue weighted by molar-refractivity contribution is 6.16. The number of nitrogens with zero attached hydrogens (tertiary/aromatic N) is 4. The molecule has 3 aliphatic heterocycles. The molecule has 0 aliphatic carbocycles. The minimum absolute atomic E-state index is 0.0334. The topological polar surface area (TPSA) is 95.0 Å². The van der Waals surface area contributed by atoms with Crippen LogP contribution in [-0.4, -0.2) is 54.2 Å². The Bertz CT molecular complexity index is 1100. The summed E-state index contributed by atoms with van der Waals surface area (Å²) in [7, 11) is 3.42. The van der Waals surface area contributed by atoms with Gasteiger partial charge in [-0.1, -0.05) is 12.1 Å². The quantitative estimate of drug-likeness (QED) is 0.803. The van der Waals surface area contributed by atoms with E-state index >= 15 is 0 Å². The number of rotatable bonds is 3. The summed E-state index contributed by atoms with van der Waals surface area (Å²) in [5.41, 5.74) is 9.20. The Balaban J connectivity index is 1.45. The average Bonchev–Trinajstić information content (AvgIpc) is 3.34. The first-order chi connectivity index (χ1) is 14.9. The van der Waals surface area contributed by atoms with Crippen LogP contribution in [0.5, 0.6) is 5.75 Å². The lowest BCUT2D eigenvalue weighted by Crippen LogP contribution is -2.51. The zero-order chi connectivity index (χ0) is 21.8. The van der Waals surface area contributed by atoms with Crippen LogP contribution in [0.25, 0.3) is 0 Å². The van der Waals surface area contributed by atoms with Crippen molar-refractivity contribution in [1.82, 2.24) is 9.55 Å². The number of benzene rings is 1. The molecule has 8 nitrogen and oxygen atoms in total. The first-order valence-corrected chi connectivity index (χ1v) is 10.9. The molecule has 1 aromatic carbocycles. The lowest BCUT2D eigenvalue weighted by molar-refractivity contribution is 0.0973. The van der Waals surface area contributed by atoms with Crippen LogP contribution in [-0.2, 0) is 18.3 Å². The van der Waals surface area contributed by atoms with E-state index in [2.05, 4.69) is 16.8 Å². The number of methoxy groups -OCH3 is 1. The molecule has 2 N–H and O–H groups in total. The number of fused-ring (bicyclic) bond motifs is 1. The Morgan fingerprint density at radius 3 is 2.68 bits per heavy atom. The number of para-hydroxylation sites is 1. The van der Waals surface area contributed by atoms with Crippen molar-refractivity contribution in [2.75, 3.05) is 31.7 Å². The number of hydrogen-bond donors (Lipinski definition) is 1. The fourth-order valence-electron chi connectivity index (χ4n) is 5.19. The lowest BCUT2D eigenvalue weighted by Gasteiger charge is -2.41. The van der Waals surface area contributed by atoms with Gasteiger partial charge >= 0.3 is 0 Å². The third kappa shape index (κ3) is 3.08. The van der Waals surface area contributed by atoms with Crippen LogP contribution >= 0.6 is 0 Å². The zero-order valence-electron chi connectivity index (χ0n) is 18.3. The highest BCUT2D eigenvalue weighted by Crippen LogP contribution is 2.41. The summed E-state index contributed by atoms with van der Waals surface area (Å²) in [6.07, 6.45) is 1.97. The first kappa shape index (κ1) is 20.2. The SMILES string of the molecule is COc1ccccc1C1=NCc2nc(N3CCC4(CC3)CO[C@@H](C)[C@H]4N)n(C)c(=O)c21. The molecule has 5 rings (SSSR count). The summed E-state index contributed by atoms with van der Waals surface area (Å²) in [4.78, 5) is 25.1. The maximum Gasteiger partial charge on any atom is 0.264 e. The third-order valence-electron chi connectivity index (χ3n) is 7.22. The Morgan fingerprint density at radius 1 is 1.26 bits per heavy atom. The highest BCUT2D eigenvalue weighted by atomic mass is 16.5. The predicted octanol–water partition coefficient (Wildman–Crippen LogP) is 1.47. The van der Waals surface area contributed by atoms with Crippen molar-refractivity contribution in [2.45, 2.75) is 38.5 Å². The van der Waals surface area contributed by atoms with Gasteiger partial charge in [0.25, 0.3) is 5.56 Å². The molecule has 2 atom stereocenters. The van der Waals surface area contributed by atoms with Gasteiger partial charge in [0.05, 0.1) is 43.3 Å². The van der Waals surface area contributed by atoms with Crippen LogP contribution in [0, 0.1) is 5.41 Å². The molecule has 1 spiro atoms.